The first-order valence-electron chi connectivity index (χ1n) is 10.7. The summed E-state index contributed by atoms with van der Waals surface area (Å²) < 4.78 is 74.1. The Labute approximate surface area is 199 Å². The fraction of sp³-hybridized carbons (Fsp3) is 0.261. The number of aromatic nitrogens is 1. The van der Waals surface area contributed by atoms with Crippen LogP contribution < -0.4 is 14.4 Å². The molecule has 3 N–H and O–H groups in total. The summed E-state index contributed by atoms with van der Waals surface area (Å²) in [5, 5.41) is 11.3. The maximum absolute atomic E-state index is 13.1. The number of hydrogen-bond donors (Lipinski definition) is 3. The second-order valence-electron chi connectivity index (χ2n) is 8.16. The van der Waals surface area contributed by atoms with Crippen LogP contribution in [0.3, 0.4) is 0 Å². The highest BCUT2D eigenvalue weighted by Crippen LogP contribution is 2.48. The SMILES string of the molecule is N=S(=O)(NC1COCC(N2c3ccccc3Oc3ccccc32)C1O)c1ccc(C(F)(F)F)nc1. The summed E-state index contributed by atoms with van der Waals surface area (Å²) in [6.45, 7) is 0.0955. The average molecular weight is 507 g/mol. The van der Waals surface area contributed by atoms with Crippen molar-refractivity contribution in [2.75, 3.05) is 18.1 Å². The summed E-state index contributed by atoms with van der Waals surface area (Å²) in [6, 6.07) is 14.7. The fourth-order valence-corrected chi connectivity index (χ4v) is 5.43. The molecule has 0 spiro atoms. The van der Waals surface area contributed by atoms with Gasteiger partial charge in [-0.05, 0) is 36.4 Å². The molecule has 1 aromatic heterocycles. The number of alkyl halides is 3. The molecule has 0 radical (unpaired) electrons. The molecule has 4 unspecified atom stereocenters. The monoisotopic (exact) mass is 506 g/mol. The van der Waals surface area contributed by atoms with Gasteiger partial charge in [-0.2, -0.15) is 13.2 Å². The van der Waals surface area contributed by atoms with Crippen LogP contribution in [0, 0.1) is 4.78 Å². The number of nitrogens with one attached hydrogen (secondary N) is 2. The van der Waals surface area contributed by atoms with Gasteiger partial charge in [-0.1, -0.05) is 24.3 Å². The lowest BCUT2D eigenvalue weighted by Gasteiger charge is -2.44. The molecule has 1 fully saturated rings. The van der Waals surface area contributed by atoms with Crippen molar-refractivity contribution in [1.29, 1.82) is 4.78 Å². The maximum atomic E-state index is 13.1. The largest absolute Gasteiger partial charge is 0.453 e. The minimum absolute atomic E-state index is 0.0464. The Morgan fingerprint density at radius 1 is 1.03 bits per heavy atom. The number of pyridine rings is 1. The van der Waals surface area contributed by atoms with Crippen molar-refractivity contribution in [3.63, 3.8) is 0 Å². The third-order valence-electron chi connectivity index (χ3n) is 5.87. The first-order valence-corrected chi connectivity index (χ1v) is 12.2. The number of hydrogen-bond acceptors (Lipinski definition) is 7. The Kier molecular flexibility index (Phi) is 5.91. The second kappa shape index (κ2) is 8.79. The molecule has 0 amide bonds. The number of anilines is 2. The van der Waals surface area contributed by atoms with Crippen molar-refractivity contribution in [3.05, 3.63) is 72.6 Å². The summed E-state index contributed by atoms with van der Waals surface area (Å²) in [5.74, 6) is 1.18. The van der Waals surface area contributed by atoms with Crippen LogP contribution in [0.25, 0.3) is 0 Å². The molecular weight excluding hydrogens is 485 g/mol. The Morgan fingerprint density at radius 2 is 1.66 bits per heavy atom. The molecular formula is C23H21F3N4O4S. The van der Waals surface area contributed by atoms with Crippen LogP contribution in [0.1, 0.15) is 5.69 Å². The Hall–Kier alpha value is -3.19. The first kappa shape index (κ1) is 23.5. The van der Waals surface area contributed by atoms with Gasteiger partial charge in [0.05, 0.1) is 47.7 Å². The van der Waals surface area contributed by atoms with Crippen LogP contribution in [-0.4, -0.2) is 45.7 Å². The fourth-order valence-electron chi connectivity index (χ4n) is 4.20. The molecule has 2 aliphatic rings. The molecule has 184 valence electrons. The first-order chi connectivity index (χ1) is 16.6. The van der Waals surface area contributed by atoms with E-state index in [-0.39, 0.29) is 18.1 Å². The van der Waals surface area contributed by atoms with Gasteiger partial charge in [-0.15, -0.1) is 0 Å². The van der Waals surface area contributed by atoms with Gasteiger partial charge in [0.2, 0.25) is 0 Å². The highest BCUT2D eigenvalue weighted by molar-refractivity contribution is 7.90. The lowest BCUT2D eigenvalue weighted by molar-refractivity contribution is -0.141. The van der Waals surface area contributed by atoms with Gasteiger partial charge in [0, 0.05) is 6.20 Å². The number of para-hydroxylation sites is 4. The third-order valence-corrected chi connectivity index (χ3v) is 7.41. The molecule has 4 atom stereocenters. The van der Waals surface area contributed by atoms with E-state index in [0.29, 0.717) is 28.9 Å². The van der Waals surface area contributed by atoms with Crippen molar-refractivity contribution in [2.24, 2.45) is 0 Å². The van der Waals surface area contributed by atoms with E-state index in [9.17, 15) is 22.5 Å². The molecule has 3 aromatic rings. The van der Waals surface area contributed by atoms with Gasteiger partial charge >= 0.3 is 6.18 Å². The number of aliphatic hydroxyl groups excluding tert-OH is 1. The molecule has 12 heteroatoms. The van der Waals surface area contributed by atoms with E-state index in [0.717, 1.165) is 12.3 Å². The molecule has 8 nitrogen and oxygen atoms in total. The van der Waals surface area contributed by atoms with Crippen LogP contribution in [0.4, 0.5) is 24.5 Å². The van der Waals surface area contributed by atoms with E-state index >= 15 is 0 Å². The van der Waals surface area contributed by atoms with Crippen LogP contribution in [-0.2, 0) is 20.8 Å². The zero-order valence-electron chi connectivity index (χ0n) is 18.1. The quantitative estimate of drug-likeness (QED) is 0.492. The molecule has 0 bridgehead atoms. The van der Waals surface area contributed by atoms with Crippen molar-refractivity contribution in [3.8, 4) is 11.5 Å². The predicted molar refractivity (Wildman–Crippen MR) is 121 cm³/mol. The van der Waals surface area contributed by atoms with Gasteiger partial charge in [-0.3, -0.25) is 4.98 Å². The standard InChI is InChI=1S/C23H21F3N4O4S/c24-23(25,26)21-10-9-14(11-28-21)35(27,32)29-15-12-33-13-18(22(15)31)30-16-5-1-3-7-19(16)34-20-8-4-2-6-17(20)30/h1-11,15,18,22,31H,12-13H2,(H2,27,29,32). The van der Waals surface area contributed by atoms with E-state index in [1.54, 1.807) is 12.1 Å². The maximum Gasteiger partial charge on any atom is 0.433 e. The lowest BCUT2D eigenvalue weighted by Crippen LogP contribution is -2.60. The van der Waals surface area contributed by atoms with Crippen molar-refractivity contribution in [1.82, 2.24) is 9.71 Å². The Bertz CT molecular complexity index is 1290. The number of benzene rings is 2. The topological polar surface area (TPSA) is 108 Å². The zero-order valence-corrected chi connectivity index (χ0v) is 18.9. The lowest BCUT2D eigenvalue weighted by atomic mass is 9.98. The highest BCUT2D eigenvalue weighted by Gasteiger charge is 2.41. The van der Waals surface area contributed by atoms with Crippen molar-refractivity contribution < 1.29 is 32.0 Å². The summed E-state index contributed by atoms with van der Waals surface area (Å²) in [6.07, 6.45) is -5.04. The molecule has 0 aliphatic carbocycles. The minimum atomic E-state index is -4.65. The minimum Gasteiger partial charge on any atom is -0.453 e. The van der Waals surface area contributed by atoms with E-state index in [2.05, 4.69) is 9.71 Å². The number of nitrogens with zero attached hydrogens (tertiary/aromatic N) is 2. The number of halogens is 3. The third kappa shape index (κ3) is 4.45. The van der Waals surface area contributed by atoms with Gasteiger partial charge in [0.15, 0.2) is 11.5 Å². The van der Waals surface area contributed by atoms with Crippen LogP contribution >= 0.6 is 0 Å². The summed E-state index contributed by atoms with van der Waals surface area (Å²) >= 11 is 0. The smallest absolute Gasteiger partial charge is 0.433 e. The number of rotatable bonds is 4. The number of ether oxygens (including phenoxy) is 2. The highest BCUT2D eigenvalue weighted by atomic mass is 32.2. The van der Waals surface area contributed by atoms with Gasteiger partial charge < -0.3 is 19.5 Å². The van der Waals surface area contributed by atoms with Gasteiger partial charge in [0.25, 0.3) is 0 Å². The molecule has 1 saturated heterocycles. The van der Waals surface area contributed by atoms with Crippen LogP contribution in [0.15, 0.2) is 71.8 Å². The number of fused-ring (bicyclic) bond motifs is 2. The summed E-state index contributed by atoms with van der Waals surface area (Å²) in [4.78, 5) is 4.94. The second-order valence-corrected chi connectivity index (χ2v) is 9.98. The average Bonchev–Trinajstić information content (AvgIpc) is 2.83. The van der Waals surface area contributed by atoms with Crippen molar-refractivity contribution >= 4 is 21.3 Å². The van der Waals surface area contributed by atoms with Gasteiger partial charge in [-0.25, -0.2) is 13.7 Å². The summed E-state index contributed by atoms with van der Waals surface area (Å²) in [5.41, 5.74) is 0.262. The molecule has 2 aromatic carbocycles. The molecule has 3 heterocycles. The molecule has 2 aliphatic heterocycles. The molecule has 5 rings (SSSR count). The van der Waals surface area contributed by atoms with E-state index in [4.69, 9.17) is 14.3 Å². The molecule has 0 saturated carbocycles. The van der Waals surface area contributed by atoms with E-state index in [1.807, 2.05) is 41.3 Å². The van der Waals surface area contributed by atoms with Crippen LogP contribution in [0.5, 0.6) is 11.5 Å². The van der Waals surface area contributed by atoms with E-state index < -0.39 is 40.0 Å². The van der Waals surface area contributed by atoms with Gasteiger partial charge in [0.1, 0.15) is 15.6 Å². The predicted octanol–water partition coefficient (Wildman–Crippen LogP) is 4.08. The summed E-state index contributed by atoms with van der Waals surface area (Å²) in [7, 11) is -3.79. The molecule has 35 heavy (non-hydrogen) atoms. The normalized spacial score (nSPS) is 23.5. The van der Waals surface area contributed by atoms with Crippen molar-refractivity contribution in [2.45, 2.75) is 29.3 Å². The Morgan fingerprint density at radius 3 is 2.23 bits per heavy atom. The number of aliphatic hydroxyl groups is 1. The van der Waals surface area contributed by atoms with E-state index in [1.165, 1.54) is 0 Å². The zero-order chi connectivity index (χ0) is 24.8. The van der Waals surface area contributed by atoms with Crippen LogP contribution in [0.2, 0.25) is 0 Å². The Balaban J connectivity index is 1.42.